The van der Waals surface area contributed by atoms with E-state index in [1.807, 2.05) is 0 Å². The highest BCUT2D eigenvalue weighted by molar-refractivity contribution is 7.99. The summed E-state index contributed by atoms with van der Waals surface area (Å²) in [5.41, 5.74) is 1.47. The molecule has 2 N–H and O–H groups in total. The molecule has 1 amide bonds. The summed E-state index contributed by atoms with van der Waals surface area (Å²) in [6.07, 6.45) is 1.19. The minimum absolute atomic E-state index is 0.00546. The lowest BCUT2D eigenvalue weighted by atomic mass is 9.81. The van der Waals surface area contributed by atoms with Crippen molar-refractivity contribution >= 4 is 17.7 Å². The van der Waals surface area contributed by atoms with E-state index in [1.165, 1.54) is 11.1 Å². The smallest absolute Gasteiger partial charge is 0.220 e. The van der Waals surface area contributed by atoms with Gasteiger partial charge in [0.15, 0.2) is 0 Å². The van der Waals surface area contributed by atoms with Gasteiger partial charge in [-0.15, -0.1) is 0 Å². The minimum Gasteiger partial charge on any atom is -0.387 e. The molecular weight excluding hydrogens is 282 g/mol. The number of hydrogen-bond acceptors (Lipinski definition) is 3. The Morgan fingerprint density at radius 2 is 2.05 bits per heavy atom. The van der Waals surface area contributed by atoms with Crippen molar-refractivity contribution in [2.75, 3.05) is 18.1 Å². The standard InChI is InChI=1S/C17H25NO2S/c1-13-4-6-14(7-5-13)16(2,3)10-15(19)18-11-17(20)8-9-21-12-17/h4-7,20H,8-12H2,1-3H3,(H,18,19). The number of nitrogens with one attached hydrogen (secondary N) is 1. The van der Waals surface area contributed by atoms with Gasteiger partial charge in [0.2, 0.25) is 5.91 Å². The van der Waals surface area contributed by atoms with Crippen LogP contribution in [0.4, 0.5) is 0 Å². The summed E-state index contributed by atoms with van der Waals surface area (Å²) >= 11 is 1.74. The maximum Gasteiger partial charge on any atom is 0.220 e. The number of thioether (sulfide) groups is 1. The zero-order valence-corrected chi connectivity index (χ0v) is 13.9. The van der Waals surface area contributed by atoms with E-state index in [4.69, 9.17) is 0 Å². The topological polar surface area (TPSA) is 49.3 Å². The van der Waals surface area contributed by atoms with E-state index in [0.29, 0.717) is 18.7 Å². The first-order valence-electron chi connectivity index (χ1n) is 7.45. The number of aryl methyl sites for hydroxylation is 1. The van der Waals surface area contributed by atoms with Crippen LogP contribution < -0.4 is 5.32 Å². The van der Waals surface area contributed by atoms with Gasteiger partial charge in [0.25, 0.3) is 0 Å². The van der Waals surface area contributed by atoms with Crippen molar-refractivity contribution in [2.24, 2.45) is 0 Å². The number of benzene rings is 1. The molecule has 0 aromatic heterocycles. The lowest BCUT2D eigenvalue weighted by Gasteiger charge is -2.27. The van der Waals surface area contributed by atoms with Crippen LogP contribution in [0.2, 0.25) is 0 Å². The second-order valence-electron chi connectivity index (χ2n) is 6.73. The van der Waals surface area contributed by atoms with Crippen LogP contribution in [-0.2, 0) is 10.2 Å². The zero-order valence-electron chi connectivity index (χ0n) is 13.1. The van der Waals surface area contributed by atoms with E-state index in [-0.39, 0.29) is 11.3 Å². The Balaban J connectivity index is 1.90. The summed E-state index contributed by atoms with van der Waals surface area (Å²) in [6, 6.07) is 8.33. The molecule has 0 radical (unpaired) electrons. The fraction of sp³-hybridized carbons (Fsp3) is 0.588. The largest absolute Gasteiger partial charge is 0.387 e. The van der Waals surface area contributed by atoms with Gasteiger partial charge >= 0.3 is 0 Å². The average Bonchev–Trinajstić information content (AvgIpc) is 2.84. The van der Waals surface area contributed by atoms with Crippen LogP contribution >= 0.6 is 11.8 Å². The van der Waals surface area contributed by atoms with Gasteiger partial charge in [-0.3, -0.25) is 4.79 Å². The summed E-state index contributed by atoms with van der Waals surface area (Å²) < 4.78 is 0. The van der Waals surface area contributed by atoms with Gasteiger partial charge in [-0.05, 0) is 30.1 Å². The van der Waals surface area contributed by atoms with E-state index in [0.717, 1.165) is 12.2 Å². The van der Waals surface area contributed by atoms with Gasteiger partial charge < -0.3 is 10.4 Å². The molecule has 1 atom stereocenters. The van der Waals surface area contributed by atoms with E-state index in [2.05, 4.69) is 50.4 Å². The number of hydrogen-bond donors (Lipinski definition) is 2. The Hall–Kier alpha value is -1.00. The number of rotatable bonds is 5. The van der Waals surface area contributed by atoms with Crippen LogP contribution in [-0.4, -0.2) is 34.7 Å². The van der Waals surface area contributed by atoms with Crippen molar-refractivity contribution in [1.29, 1.82) is 0 Å². The van der Waals surface area contributed by atoms with E-state index >= 15 is 0 Å². The van der Waals surface area contributed by atoms with Gasteiger partial charge in [0.1, 0.15) is 0 Å². The van der Waals surface area contributed by atoms with Gasteiger partial charge in [-0.1, -0.05) is 43.7 Å². The highest BCUT2D eigenvalue weighted by Gasteiger charge is 2.32. The van der Waals surface area contributed by atoms with Gasteiger partial charge in [-0.25, -0.2) is 0 Å². The van der Waals surface area contributed by atoms with Crippen LogP contribution in [0.5, 0.6) is 0 Å². The van der Waals surface area contributed by atoms with Crippen molar-refractivity contribution in [3.8, 4) is 0 Å². The molecule has 0 saturated carbocycles. The third-order valence-electron chi connectivity index (χ3n) is 4.13. The molecule has 0 bridgehead atoms. The summed E-state index contributed by atoms with van der Waals surface area (Å²) in [4.78, 5) is 12.2. The minimum atomic E-state index is -0.714. The van der Waals surface area contributed by atoms with Crippen LogP contribution in [0.3, 0.4) is 0 Å². The summed E-state index contributed by atoms with van der Waals surface area (Å²) in [5, 5.41) is 13.2. The van der Waals surface area contributed by atoms with Crippen LogP contribution in [0.1, 0.15) is 37.8 Å². The second-order valence-corrected chi connectivity index (χ2v) is 7.84. The SMILES string of the molecule is Cc1ccc(C(C)(C)CC(=O)NCC2(O)CCSC2)cc1. The molecule has 1 aliphatic heterocycles. The molecule has 1 unspecified atom stereocenters. The molecule has 1 aromatic rings. The molecule has 0 spiro atoms. The van der Waals surface area contributed by atoms with Crippen molar-refractivity contribution in [2.45, 2.75) is 44.6 Å². The molecule has 3 nitrogen and oxygen atoms in total. The highest BCUT2D eigenvalue weighted by Crippen LogP contribution is 2.29. The molecule has 1 aromatic carbocycles. The van der Waals surface area contributed by atoms with Crippen LogP contribution in [0.15, 0.2) is 24.3 Å². The molecule has 116 valence electrons. The second kappa shape index (κ2) is 6.41. The number of aliphatic hydroxyl groups is 1. The van der Waals surface area contributed by atoms with Gasteiger partial charge in [-0.2, -0.15) is 11.8 Å². The Bertz CT molecular complexity index is 490. The molecule has 1 fully saturated rings. The number of carbonyl (C=O) groups excluding carboxylic acids is 1. The van der Waals surface area contributed by atoms with E-state index < -0.39 is 5.60 Å². The fourth-order valence-corrected chi connectivity index (χ4v) is 3.86. The molecule has 21 heavy (non-hydrogen) atoms. The Labute approximate surface area is 131 Å². The quantitative estimate of drug-likeness (QED) is 0.879. The number of amides is 1. The Morgan fingerprint density at radius 1 is 1.38 bits per heavy atom. The predicted octanol–water partition coefficient (Wildman–Crippen LogP) is 2.65. The Morgan fingerprint density at radius 3 is 2.62 bits per heavy atom. The first-order valence-corrected chi connectivity index (χ1v) is 8.60. The van der Waals surface area contributed by atoms with E-state index in [9.17, 15) is 9.90 Å². The molecular formula is C17H25NO2S. The van der Waals surface area contributed by atoms with Crippen molar-refractivity contribution in [1.82, 2.24) is 5.32 Å². The lowest BCUT2D eigenvalue weighted by Crippen LogP contribution is -2.44. The third-order valence-corrected chi connectivity index (χ3v) is 5.37. The van der Waals surface area contributed by atoms with Crippen LogP contribution in [0.25, 0.3) is 0 Å². The van der Waals surface area contributed by atoms with E-state index in [1.54, 1.807) is 11.8 Å². The molecule has 1 aliphatic rings. The molecule has 2 rings (SSSR count). The van der Waals surface area contributed by atoms with Gasteiger partial charge in [0.05, 0.1) is 5.60 Å². The summed E-state index contributed by atoms with van der Waals surface area (Å²) in [6.45, 7) is 6.58. The van der Waals surface area contributed by atoms with Gasteiger partial charge in [0, 0.05) is 18.7 Å². The normalized spacial score (nSPS) is 22.3. The lowest BCUT2D eigenvalue weighted by molar-refractivity contribution is -0.123. The Kier molecular flexibility index (Phi) is 4.99. The highest BCUT2D eigenvalue weighted by atomic mass is 32.2. The average molecular weight is 307 g/mol. The van der Waals surface area contributed by atoms with Crippen molar-refractivity contribution in [3.05, 3.63) is 35.4 Å². The van der Waals surface area contributed by atoms with Crippen molar-refractivity contribution in [3.63, 3.8) is 0 Å². The third kappa shape index (κ3) is 4.48. The summed E-state index contributed by atoms with van der Waals surface area (Å²) in [7, 11) is 0. The summed E-state index contributed by atoms with van der Waals surface area (Å²) in [5.74, 6) is 1.70. The molecule has 1 saturated heterocycles. The predicted molar refractivity (Wildman–Crippen MR) is 88.7 cm³/mol. The maximum absolute atomic E-state index is 12.2. The first-order chi connectivity index (χ1) is 9.81. The molecule has 0 aliphatic carbocycles. The molecule has 1 heterocycles. The van der Waals surface area contributed by atoms with Crippen molar-refractivity contribution < 1.29 is 9.90 Å². The maximum atomic E-state index is 12.2. The zero-order chi connectivity index (χ0) is 15.5. The first kappa shape index (κ1) is 16.4. The fourth-order valence-electron chi connectivity index (χ4n) is 2.57. The number of carbonyl (C=O) groups is 1. The molecule has 4 heteroatoms. The van der Waals surface area contributed by atoms with Crippen LogP contribution in [0, 0.1) is 6.92 Å². The monoisotopic (exact) mass is 307 g/mol.